The Morgan fingerprint density at radius 2 is 2.21 bits per heavy atom. The van der Waals surface area contributed by atoms with Crippen LogP contribution in [0.1, 0.15) is 5.56 Å². The van der Waals surface area contributed by atoms with Gasteiger partial charge in [-0.1, -0.05) is 6.07 Å². The van der Waals surface area contributed by atoms with Crippen molar-refractivity contribution in [3.8, 4) is 0 Å². The van der Waals surface area contributed by atoms with Gasteiger partial charge in [0, 0.05) is 5.69 Å². The number of halogens is 1. The van der Waals surface area contributed by atoms with Crippen molar-refractivity contribution >= 4 is 27.2 Å². The van der Waals surface area contributed by atoms with Crippen molar-refractivity contribution in [2.45, 2.75) is 6.54 Å². The van der Waals surface area contributed by atoms with Gasteiger partial charge in [-0.2, -0.15) is 0 Å². The summed E-state index contributed by atoms with van der Waals surface area (Å²) >= 11 is 1.42. The second kappa shape index (κ2) is 4.47. The number of nitrogens with two attached hydrogens (primary N) is 1. The van der Waals surface area contributed by atoms with Gasteiger partial charge >= 0.3 is 0 Å². The van der Waals surface area contributed by atoms with Crippen LogP contribution in [0.25, 0.3) is 10.2 Å². The van der Waals surface area contributed by atoms with Gasteiger partial charge < -0.3 is 5.73 Å². The van der Waals surface area contributed by atoms with E-state index in [1.807, 2.05) is 5.38 Å². The number of nitrogen functional groups attached to an aromatic ring is 1. The van der Waals surface area contributed by atoms with Gasteiger partial charge in [0.25, 0.3) is 5.56 Å². The molecule has 4 nitrogen and oxygen atoms in total. The van der Waals surface area contributed by atoms with E-state index in [2.05, 4.69) is 4.98 Å². The summed E-state index contributed by atoms with van der Waals surface area (Å²) in [6, 6.07) is 5.90. The molecule has 0 spiro atoms. The zero-order valence-electron chi connectivity index (χ0n) is 9.84. The van der Waals surface area contributed by atoms with E-state index >= 15 is 0 Å². The van der Waals surface area contributed by atoms with Crippen LogP contribution in [0.15, 0.2) is 40.8 Å². The maximum Gasteiger partial charge on any atom is 0.262 e. The van der Waals surface area contributed by atoms with Gasteiger partial charge in [0.2, 0.25) is 0 Å². The van der Waals surface area contributed by atoms with Crippen molar-refractivity contribution in [3.63, 3.8) is 0 Å². The number of benzene rings is 1. The summed E-state index contributed by atoms with van der Waals surface area (Å²) in [5, 5.41) is 2.42. The first-order chi connectivity index (χ1) is 9.15. The van der Waals surface area contributed by atoms with Crippen LogP contribution in [0, 0.1) is 5.82 Å². The zero-order valence-corrected chi connectivity index (χ0v) is 10.7. The average Bonchev–Trinajstić information content (AvgIpc) is 2.85. The molecule has 96 valence electrons. The molecular weight excluding hydrogens is 265 g/mol. The molecule has 2 heterocycles. The van der Waals surface area contributed by atoms with E-state index in [0.717, 1.165) is 0 Å². The Bertz CT molecular complexity index is 809. The standard InChI is InChI=1S/C13H10FN3OS/c14-9-2-1-8(11(15)5-9)6-17-7-16-12-10(13(17)18)3-4-19-12/h1-5,7H,6,15H2. The molecule has 0 bridgehead atoms. The number of hydrogen-bond acceptors (Lipinski definition) is 4. The summed E-state index contributed by atoms with van der Waals surface area (Å²) < 4.78 is 14.4. The Hall–Kier alpha value is -2.21. The van der Waals surface area contributed by atoms with Crippen molar-refractivity contribution in [1.82, 2.24) is 9.55 Å². The summed E-state index contributed by atoms with van der Waals surface area (Å²) in [7, 11) is 0. The molecule has 0 aliphatic rings. The van der Waals surface area contributed by atoms with Crippen molar-refractivity contribution in [3.05, 3.63) is 57.7 Å². The predicted octanol–water partition coefficient (Wildman–Crippen LogP) is 2.23. The minimum atomic E-state index is -0.389. The molecule has 0 saturated heterocycles. The Morgan fingerprint density at radius 1 is 1.37 bits per heavy atom. The lowest BCUT2D eigenvalue weighted by Gasteiger charge is -2.08. The topological polar surface area (TPSA) is 60.9 Å². The van der Waals surface area contributed by atoms with Crippen LogP contribution < -0.4 is 11.3 Å². The minimum Gasteiger partial charge on any atom is -0.398 e. The fourth-order valence-corrected chi connectivity index (χ4v) is 2.62. The van der Waals surface area contributed by atoms with E-state index in [0.29, 0.717) is 21.5 Å². The molecule has 0 atom stereocenters. The molecule has 3 rings (SSSR count). The van der Waals surface area contributed by atoms with Crippen molar-refractivity contribution in [2.75, 3.05) is 5.73 Å². The van der Waals surface area contributed by atoms with E-state index in [4.69, 9.17) is 5.73 Å². The molecule has 19 heavy (non-hydrogen) atoms. The second-order valence-corrected chi connectivity index (χ2v) is 5.05. The molecule has 0 unspecified atom stereocenters. The number of hydrogen-bond donors (Lipinski definition) is 1. The van der Waals surface area contributed by atoms with Crippen molar-refractivity contribution in [1.29, 1.82) is 0 Å². The summed E-state index contributed by atoms with van der Waals surface area (Å²) in [4.78, 5) is 17.1. The first kappa shape index (κ1) is 11.9. The van der Waals surface area contributed by atoms with Crippen molar-refractivity contribution in [2.24, 2.45) is 0 Å². The summed E-state index contributed by atoms with van der Waals surface area (Å²) in [5.41, 5.74) is 6.65. The van der Waals surface area contributed by atoms with Gasteiger partial charge in [-0.25, -0.2) is 9.37 Å². The van der Waals surface area contributed by atoms with E-state index in [-0.39, 0.29) is 17.9 Å². The Morgan fingerprint density at radius 3 is 3.00 bits per heavy atom. The molecule has 0 amide bonds. The van der Waals surface area contributed by atoms with E-state index in [1.165, 1.54) is 34.4 Å². The molecule has 3 aromatic rings. The maximum atomic E-state index is 13.0. The third kappa shape index (κ3) is 2.10. The van der Waals surface area contributed by atoms with Crippen LogP contribution in [0.2, 0.25) is 0 Å². The number of thiophene rings is 1. The molecule has 2 aromatic heterocycles. The molecule has 2 N–H and O–H groups in total. The largest absolute Gasteiger partial charge is 0.398 e. The fourth-order valence-electron chi connectivity index (χ4n) is 1.90. The van der Waals surface area contributed by atoms with E-state index in [9.17, 15) is 9.18 Å². The highest BCUT2D eigenvalue weighted by Crippen LogP contribution is 2.16. The fraction of sp³-hybridized carbons (Fsp3) is 0.0769. The van der Waals surface area contributed by atoms with Crippen LogP contribution in [0.5, 0.6) is 0 Å². The highest BCUT2D eigenvalue weighted by Gasteiger charge is 2.07. The minimum absolute atomic E-state index is 0.116. The maximum absolute atomic E-state index is 13.0. The molecule has 1 aromatic carbocycles. The number of aromatic nitrogens is 2. The van der Waals surface area contributed by atoms with Crippen molar-refractivity contribution < 1.29 is 4.39 Å². The monoisotopic (exact) mass is 275 g/mol. The summed E-state index contributed by atoms with van der Waals surface area (Å²) in [5.74, 6) is -0.389. The molecule has 0 radical (unpaired) electrons. The normalized spacial score (nSPS) is 11.0. The lowest BCUT2D eigenvalue weighted by molar-refractivity contribution is 0.627. The quantitative estimate of drug-likeness (QED) is 0.729. The molecule has 0 aliphatic heterocycles. The molecule has 6 heteroatoms. The number of fused-ring (bicyclic) bond motifs is 1. The van der Waals surface area contributed by atoms with Crippen LogP contribution in [-0.2, 0) is 6.54 Å². The van der Waals surface area contributed by atoms with Crippen LogP contribution in [-0.4, -0.2) is 9.55 Å². The Labute approximate surface area is 111 Å². The molecule has 0 aliphatic carbocycles. The predicted molar refractivity (Wildman–Crippen MR) is 73.8 cm³/mol. The Balaban J connectivity index is 2.05. The van der Waals surface area contributed by atoms with E-state index in [1.54, 1.807) is 12.1 Å². The second-order valence-electron chi connectivity index (χ2n) is 4.16. The van der Waals surface area contributed by atoms with Gasteiger partial charge in [-0.15, -0.1) is 11.3 Å². The number of anilines is 1. The molecule has 0 fully saturated rings. The zero-order chi connectivity index (χ0) is 13.4. The molecule has 0 saturated carbocycles. The van der Waals surface area contributed by atoms with Crippen LogP contribution in [0.4, 0.5) is 10.1 Å². The van der Waals surface area contributed by atoms with Crippen LogP contribution in [0.3, 0.4) is 0 Å². The SMILES string of the molecule is Nc1cc(F)ccc1Cn1cnc2sccc2c1=O. The summed E-state index contributed by atoms with van der Waals surface area (Å²) in [6.45, 7) is 0.281. The first-order valence-corrected chi connectivity index (χ1v) is 6.49. The third-order valence-corrected chi connectivity index (χ3v) is 3.72. The van der Waals surface area contributed by atoms with Gasteiger partial charge in [-0.05, 0) is 29.1 Å². The number of nitrogens with zero attached hydrogens (tertiary/aromatic N) is 2. The first-order valence-electron chi connectivity index (χ1n) is 5.62. The average molecular weight is 275 g/mol. The summed E-state index contributed by atoms with van der Waals surface area (Å²) in [6.07, 6.45) is 1.49. The van der Waals surface area contributed by atoms with Gasteiger partial charge in [0.05, 0.1) is 18.3 Å². The van der Waals surface area contributed by atoms with Gasteiger partial charge in [0.15, 0.2) is 0 Å². The highest BCUT2D eigenvalue weighted by molar-refractivity contribution is 7.16. The van der Waals surface area contributed by atoms with E-state index < -0.39 is 0 Å². The Kier molecular flexibility index (Phi) is 2.79. The van der Waals surface area contributed by atoms with Crippen LogP contribution >= 0.6 is 11.3 Å². The number of rotatable bonds is 2. The van der Waals surface area contributed by atoms with Gasteiger partial charge in [0.1, 0.15) is 10.6 Å². The lowest BCUT2D eigenvalue weighted by atomic mass is 10.2. The molecular formula is C13H10FN3OS. The highest BCUT2D eigenvalue weighted by atomic mass is 32.1. The lowest BCUT2D eigenvalue weighted by Crippen LogP contribution is -2.21. The third-order valence-electron chi connectivity index (χ3n) is 2.90. The van der Waals surface area contributed by atoms with Gasteiger partial charge in [-0.3, -0.25) is 9.36 Å². The smallest absolute Gasteiger partial charge is 0.262 e.